The van der Waals surface area contributed by atoms with Gasteiger partial charge in [-0.25, -0.2) is 0 Å². The summed E-state index contributed by atoms with van der Waals surface area (Å²) in [5, 5.41) is 0. The predicted octanol–water partition coefficient (Wildman–Crippen LogP) is 11.7. The van der Waals surface area contributed by atoms with Gasteiger partial charge in [-0.3, -0.25) is 14.4 Å². The molecule has 0 bridgehead atoms. The van der Waals surface area contributed by atoms with Crippen molar-refractivity contribution in [1.82, 2.24) is 0 Å². The molecule has 0 spiro atoms. The number of carbonyl (C=O) groups excluding carboxylic acids is 3. The molecular formula is C43H68O6. The van der Waals surface area contributed by atoms with Crippen LogP contribution in [0.25, 0.3) is 0 Å². The summed E-state index contributed by atoms with van der Waals surface area (Å²) >= 11 is 0. The number of allylic oxidation sites excluding steroid dienone is 14. The van der Waals surface area contributed by atoms with Gasteiger partial charge in [0.05, 0.1) is 0 Å². The minimum Gasteiger partial charge on any atom is -0.462 e. The Balaban J connectivity index is 4.48. The summed E-state index contributed by atoms with van der Waals surface area (Å²) in [4.78, 5) is 37.2. The van der Waals surface area contributed by atoms with Gasteiger partial charge in [0.1, 0.15) is 13.2 Å². The molecule has 0 aliphatic carbocycles. The lowest BCUT2D eigenvalue weighted by atomic mass is 10.1. The quantitative estimate of drug-likeness (QED) is 0.0304. The number of esters is 3. The largest absolute Gasteiger partial charge is 0.462 e. The monoisotopic (exact) mass is 681 g/mol. The molecule has 0 aromatic carbocycles. The van der Waals surface area contributed by atoms with E-state index in [0.29, 0.717) is 12.8 Å². The second-order valence-electron chi connectivity index (χ2n) is 12.1. The highest BCUT2D eigenvalue weighted by molar-refractivity contribution is 5.71. The van der Waals surface area contributed by atoms with Gasteiger partial charge in [-0.15, -0.1) is 0 Å². The Morgan fingerprint density at radius 2 is 0.837 bits per heavy atom. The molecule has 0 radical (unpaired) electrons. The predicted molar refractivity (Wildman–Crippen MR) is 205 cm³/mol. The minimum absolute atomic E-state index is 0.113. The van der Waals surface area contributed by atoms with Gasteiger partial charge in [-0.2, -0.15) is 0 Å². The Labute approximate surface area is 299 Å². The third-order valence-corrected chi connectivity index (χ3v) is 7.41. The molecule has 6 nitrogen and oxygen atoms in total. The van der Waals surface area contributed by atoms with Crippen molar-refractivity contribution in [3.63, 3.8) is 0 Å². The maximum absolute atomic E-state index is 12.6. The van der Waals surface area contributed by atoms with Crippen LogP contribution in [0.5, 0.6) is 0 Å². The van der Waals surface area contributed by atoms with Crippen LogP contribution >= 0.6 is 0 Å². The molecule has 0 aliphatic heterocycles. The van der Waals surface area contributed by atoms with E-state index in [1.807, 2.05) is 12.2 Å². The molecule has 6 heteroatoms. The van der Waals surface area contributed by atoms with E-state index in [1.54, 1.807) is 0 Å². The molecule has 0 heterocycles. The summed E-state index contributed by atoms with van der Waals surface area (Å²) in [5.74, 6) is -1.06. The average Bonchev–Trinajstić information content (AvgIpc) is 3.09. The van der Waals surface area contributed by atoms with E-state index in [9.17, 15) is 14.4 Å². The Hall–Kier alpha value is -3.41. The van der Waals surface area contributed by atoms with Crippen LogP contribution in [0.2, 0.25) is 0 Å². The fourth-order valence-corrected chi connectivity index (χ4v) is 4.58. The van der Waals surface area contributed by atoms with Crippen LogP contribution in [0, 0.1) is 0 Å². The topological polar surface area (TPSA) is 78.9 Å². The number of carbonyl (C=O) groups is 3. The van der Waals surface area contributed by atoms with Crippen molar-refractivity contribution in [2.45, 2.75) is 155 Å². The van der Waals surface area contributed by atoms with E-state index in [4.69, 9.17) is 14.2 Å². The van der Waals surface area contributed by atoms with Gasteiger partial charge in [0.2, 0.25) is 0 Å². The van der Waals surface area contributed by atoms with Crippen molar-refractivity contribution >= 4 is 17.9 Å². The molecule has 1 unspecified atom stereocenters. The van der Waals surface area contributed by atoms with Gasteiger partial charge >= 0.3 is 17.9 Å². The van der Waals surface area contributed by atoms with Crippen LogP contribution in [0.4, 0.5) is 0 Å². The van der Waals surface area contributed by atoms with Crippen molar-refractivity contribution in [3.8, 4) is 0 Å². The molecule has 0 amide bonds. The number of hydrogen-bond acceptors (Lipinski definition) is 6. The summed E-state index contributed by atoms with van der Waals surface area (Å²) < 4.78 is 16.4. The molecule has 276 valence electrons. The lowest BCUT2D eigenvalue weighted by Gasteiger charge is -2.18. The number of ether oxygens (including phenoxy) is 3. The summed E-state index contributed by atoms with van der Waals surface area (Å²) in [6.45, 7) is 6.18. The zero-order valence-electron chi connectivity index (χ0n) is 31.2. The van der Waals surface area contributed by atoms with Gasteiger partial charge in [-0.1, -0.05) is 138 Å². The lowest BCUT2D eigenvalue weighted by molar-refractivity contribution is -0.166. The Morgan fingerprint density at radius 1 is 0.429 bits per heavy atom. The summed E-state index contributed by atoms with van der Waals surface area (Å²) in [7, 11) is 0. The smallest absolute Gasteiger partial charge is 0.306 e. The van der Waals surface area contributed by atoms with Crippen LogP contribution in [-0.4, -0.2) is 37.2 Å². The minimum atomic E-state index is -0.814. The van der Waals surface area contributed by atoms with Gasteiger partial charge < -0.3 is 14.2 Å². The molecule has 0 aromatic rings. The zero-order chi connectivity index (χ0) is 35.9. The maximum Gasteiger partial charge on any atom is 0.306 e. The zero-order valence-corrected chi connectivity index (χ0v) is 31.2. The molecule has 0 saturated heterocycles. The van der Waals surface area contributed by atoms with Crippen LogP contribution < -0.4 is 0 Å². The highest BCUT2D eigenvalue weighted by Gasteiger charge is 2.19. The highest BCUT2D eigenvalue weighted by atomic mass is 16.6. The average molecular weight is 681 g/mol. The van der Waals surface area contributed by atoms with Crippen molar-refractivity contribution in [2.24, 2.45) is 0 Å². The van der Waals surface area contributed by atoms with E-state index in [2.05, 4.69) is 93.7 Å². The van der Waals surface area contributed by atoms with Gasteiger partial charge in [0.15, 0.2) is 6.10 Å². The normalized spacial score (nSPS) is 13.0. The van der Waals surface area contributed by atoms with E-state index in [-0.39, 0.29) is 44.0 Å². The third-order valence-electron chi connectivity index (χ3n) is 7.41. The Kier molecular flexibility index (Phi) is 34.8. The maximum atomic E-state index is 12.6. The van der Waals surface area contributed by atoms with Crippen molar-refractivity contribution < 1.29 is 28.6 Å². The molecule has 0 N–H and O–H groups in total. The molecule has 0 fully saturated rings. The van der Waals surface area contributed by atoms with Gasteiger partial charge in [0.25, 0.3) is 0 Å². The van der Waals surface area contributed by atoms with E-state index in [1.165, 1.54) is 0 Å². The SMILES string of the molecule is CC/C=C\C/C=C\C/C=C\C/C=C\CCC(=O)OCC(COC(=O)CCCCCCC)OC(=O)CCCCC/C=C\C/C=C\C/C=C\CC. The molecule has 0 saturated carbocycles. The first-order valence-electron chi connectivity index (χ1n) is 19.1. The Morgan fingerprint density at radius 3 is 1.35 bits per heavy atom. The molecule has 0 aliphatic rings. The van der Waals surface area contributed by atoms with E-state index < -0.39 is 6.10 Å². The number of hydrogen-bond donors (Lipinski definition) is 0. The molecule has 49 heavy (non-hydrogen) atoms. The summed E-state index contributed by atoms with van der Waals surface area (Å²) in [6, 6.07) is 0. The Bertz CT molecular complexity index is 1010. The van der Waals surface area contributed by atoms with Gasteiger partial charge in [0, 0.05) is 19.3 Å². The second-order valence-corrected chi connectivity index (χ2v) is 12.1. The molecule has 0 rings (SSSR count). The first kappa shape index (κ1) is 45.6. The standard InChI is InChI=1S/C43H68O6/c1-4-7-10-13-15-17-19-21-23-25-27-30-33-36-42(45)48-39-40(38-47-41(44)35-32-29-12-9-6-3)49-43(46)37-34-31-28-26-24-22-20-18-16-14-11-8-5-2/h7-8,10-11,15-18,21-24,27,30,40H,4-6,9,12-14,19-20,25-26,28-29,31-39H2,1-3H3/b10-7-,11-8-,17-15-,18-16-,23-21-,24-22-,30-27-. The molecule has 1 atom stereocenters. The van der Waals surface area contributed by atoms with E-state index >= 15 is 0 Å². The van der Waals surface area contributed by atoms with Crippen LogP contribution in [0.15, 0.2) is 85.1 Å². The third kappa shape index (κ3) is 35.7. The van der Waals surface area contributed by atoms with Crippen molar-refractivity contribution in [1.29, 1.82) is 0 Å². The number of unbranched alkanes of at least 4 members (excludes halogenated alkanes) is 7. The first-order chi connectivity index (χ1) is 24.0. The fraction of sp³-hybridized carbons (Fsp3) is 0.605. The highest BCUT2D eigenvalue weighted by Crippen LogP contribution is 2.10. The number of rotatable bonds is 32. The lowest BCUT2D eigenvalue weighted by Crippen LogP contribution is -2.30. The van der Waals surface area contributed by atoms with Crippen LogP contribution in [0.1, 0.15) is 149 Å². The van der Waals surface area contributed by atoms with Crippen LogP contribution in [0.3, 0.4) is 0 Å². The van der Waals surface area contributed by atoms with E-state index in [0.717, 1.165) is 103 Å². The second kappa shape index (κ2) is 37.4. The first-order valence-corrected chi connectivity index (χ1v) is 19.1. The summed E-state index contributed by atoms with van der Waals surface area (Å²) in [5.41, 5.74) is 0. The molecule has 0 aromatic heterocycles. The van der Waals surface area contributed by atoms with Gasteiger partial charge in [-0.05, 0) is 77.0 Å². The fourth-order valence-electron chi connectivity index (χ4n) is 4.58. The van der Waals surface area contributed by atoms with Crippen molar-refractivity contribution in [2.75, 3.05) is 13.2 Å². The van der Waals surface area contributed by atoms with Crippen LogP contribution in [-0.2, 0) is 28.6 Å². The summed E-state index contributed by atoms with van der Waals surface area (Å²) in [6.07, 6.45) is 46.1. The molecular weight excluding hydrogens is 612 g/mol. The van der Waals surface area contributed by atoms with Crippen molar-refractivity contribution in [3.05, 3.63) is 85.1 Å².